The molecule has 0 aromatic heterocycles. The van der Waals surface area contributed by atoms with E-state index in [1.54, 1.807) is 7.05 Å². The standard InChI is InChI=1S/C18H28Cl2F2N4O2.HI/c1-5-27-14(6-7-26(3)4)11-25-18(23-2)24-10-12-8-13(19)9-15(20)16(12)28-17(21)22;/h8-9,14,17H,5-7,10-11H2,1-4H3,(H2,23,24,25);1H. The van der Waals surface area contributed by atoms with Crippen LogP contribution in [0, 0.1) is 0 Å². The molecule has 29 heavy (non-hydrogen) atoms. The van der Waals surface area contributed by atoms with Crippen molar-refractivity contribution in [1.29, 1.82) is 0 Å². The summed E-state index contributed by atoms with van der Waals surface area (Å²) < 4.78 is 35.6. The SMILES string of the molecule is CCOC(CCN(C)C)CNC(=NC)NCc1cc(Cl)cc(Cl)c1OC(F)F.I. The molecule has 0 spiro atoms. The molecule has 0 heterocycles. The normalized spacial score (nSPS) is 12.7. The van der Waals surface area contributed by atoms with E-state index in [-0.39, 0.29) is 47.4 Å². The number of aliphatic imine (C=N–C) groups is 1. The molecule has 0 saturated carbocycles. The Balaban J connectivity index is 0.00000784. The molecular weight excluding hydrogens is 540 g/mol. The van der Waals surface area contributed by atoms with Gasteiger partial charge in [-0.2, -0.15) is 8.78 Å². The van der Waals surface area contributed by atoms with Gasteiger partial charge in [-0.3, -0.25) is 4.99 Å². The topological polar surface area (TPSA) is 58.1 Å². The van der Waals surface area contributed by atoms with Crippen LogP contribution in [0.2, 0.25) is 10.0 Å². The number of benzene rings is 1. The van der Waals surface area contributed by atoms with Gasteiger partial charge in [0.15, 0.2) is 5.96 Å². The summed E-state index contributed by atoms with van der Waals surface area (Å²) in [6.45, 7) is 1.17. The predicted octanol–water partition coefficient (Wildman–Crippen LogP) is 4.23. The quantitative estimate of drug-likeness (QED) is 0.238. The first-order chi connectivity index (χ1) is 13.3. The first kappa shape index (κ1) is 28.4. The largest absolute Gasteiger partial charge is 0.433 e. The van der Waals surface area contributed by atoms with Crippen molar-refractivity contribution in [3.63, 3.8) is 0 Å². The van der Waals surface area contributed by atoms with Gasteiger partial charge < -0.3 is 25.0 Å². The number of hydrogen-bond donors (Lipinski definition) is 2. The molecule has 0 aliphatic heterocycles. The van der Waals surface area contributed by atoms with E-state index >= 15 is 0 Å². The Kier molecular flexibility index (Phi) is 14.9. The van der Waals surface area contributed by atoms with Crippen molar-refractivity contribution < 1.29 is 18.3 Å². The summed E-state index contributed by atoms with van der Waals surface area (Å²) in [5.74, 6) is 0.385. The van der Waals surface area contributed by atoms with Crippen LogP contribution < -0.4 is 15.4 Å². The van der Waals surface area contributed by atoms with Crippen LogP contribution in [0.25, 0.3) is 0 Å². The maximum Gasteiger partial charge on any atom is 0.387 e. The fourth-order valence-electron chi connectivity index (χ4n) is 2.46. The van der Waals surface area contributed by atoms with E-state index in [0.29, 0.717) is 29.7 Å². The highest BCUT2D eigenvalue weighted by molar-refractivity contribution is 14.0. The molecule has 1 atom stereocenters. The molecular formula is C18H29Cl2F2IN4O2. The molecule has 6 nitrogen and oxygen atoms in total. The van der Waals surface area contributed by atoms with Gasteiger partial charge in [0.25, 0.3) is 0 Å². The zero-order valence-corrected chi connectivity index (χ0v) is 20.8. The van der Waals surface area contributed by atoms with Crippen molar-refractivity contribution in [2.24, 2.45) is 4.99 Å². The maximum absolute atomic E-state index is 12.7. The van der Waals surface area contributed by atoms with E-state index in [2.05, 4.69) is 25.3 Å². The zero-order chi connectivity index (χ0) is 21.1. The second-order valence-corrected chi connectivity index (χ2v) is 7.07. The van der Waals surface area contributed by atoms with E-state index in [1.165, 1.54) is 12.1 Å². The van der Waals surface area contributed by atoms with Crippen LogP contribution in [0.15, 0.2) is 17.1 Å². The number of guanidine groups is 1. The number of ether oxygens (including phenoxy) is 2. The fourth-order valence-corrected chi connectivity index (χ4v) is 3.04. The molecule has 0 radical (unpaired) electrons. The highest BCUT2D eigenvalue weighted by Gasteiger charge is 2.16. The highest BCUT2D eigenvalue weighted by Crippen LogP contribution is 2.33. The smallest absolute Gasteiger partial charge is 0.387 e. The van der Waals surface area contributed by atoms with Crippen LogP contribution in [0.4, 0.5) is 8.78 Å². The van der Waals surface area contributed by atoms with Crippen LogP contribution >= 0.6 is 47.2 Å². The Morgan fingerprint density at radius 2 is 1.93 bits per heavy atom. The van der Waals surface area contributed by atoms with Crippen molar-refractivity contribution in [3.05, 3.63) is 27.7 Å². The van der Waals surface area contributed by atoms with E-state index in [0.717, 1.165) is 13.0 Å². The molecule has 2 N–H and O–H groups in total. The van der Waals surface area contributed by atoms with Gasteiger partial charge in [-0.05, 0) is 39.6 Å². The van der Waals surface area contributed by atoms with Crippen LogP contribution in [-0.2, 0) is 11.3 Å². The van der Waals surface area contributed by atoms with Gasteiger partial charge in [-0.1, -0.05) is 23.2 Å². The number of halogens is 5. The molecule has 1 rings (SSSR count). The maximum atomic E-state index is 12.7. The number of nitrogens with one attached hydrogen (secondary N) is 2. The van der Waals surface area contributed by atoms with Crippen molar-refractivity contribution in [1.82, 2.24) is 15.5 Å². The van der Waals surface area contributed by atoms with Gasteiger partial charge in [-0.15, -0.1) is 24.0 Å². The van der Waals surface area contributed by atoms with Crippen molar-refractivity contribution in [2.45, 2.75) is 32.6 Å². The van der Waals surface area contributed by atoms with Gasteiger partial charge in [0.05, 0.1) is 11.1 Å². The molecule has 168 valence electrons. The first-order valence-electron chi connectivity index (χ1n) is 8.90. The van der Waals surface area contributed by atoms with Crippen LogP contribution in [0.3, 0.4) is 0 Å². The third kappa shape index (κ3) is 11.4. The number of alkyl halides is 2. The molecule has 1 aromatic rings. The second kappa shape index (κ2) is 15.2. The molecule has 1 aromatic carbocycles. The van der Waals surface area contributed by atoms with Gasteiger partial charge in [0.2, 0.25) is 0 Å². The van der Waals surface area contributed by atoms with E-state index in [4.69, 9.17) is 27.9 Å². The average molecular weight is 569 g/mol. The average Bonchev–Trinajstić information content (AvgIpc) is 2.61. The summed E-state index contributed by atoms with van der Waals surface area (Å²) >= 11 is 12.0. The molecule has 11 heteroatoms. The van der Waals surface area contributed by atoms with Crippen molar-refractivity contribution in [2.75, 3.05) is 40.8 Å². The van der Waals surface area contributed by atoms with E-state index in [9.17, 15) is 8.78 Å². The molecule has 0 aliphatic rings. The summed E-state index contributed by atoms with van der Waals surface area (Å²) in [6.07, 6.45) is 0.880. The Labute approximate surface area is 198 Å². The van der Waals surface area contributed by atoms with Crippen molar-refractivity contribution in [3.8, 4) is 5.75 Å². The van der Waals surface area contributed by atoms with Crippen LogP contribution in [-0.4, -0.2) is 64.4 Å². The lowest BCUT2D eigenvalue weighted by molar-refractivity contribution is -0.0504. The first-order valence-corrected chi connectivity index (χ1v) is 9.65. The number of nitrogens with zero attached hydrogens (tertiary/aromatic N) is 2. The van der Waals surface area contributed by atoms with Crippen LogP contribution in [0.5, 0.6) is 5.75 Å². The molecule has 0 saturated heterocycles. The van der Waals surface area contributed by atoms with Crippen LogP contribution in [0.1, 0.15) is 18.9 Å². The Morgan fingerprint density at radius 3 is 2.48 bits per heavy atom. The van der Waals surface area contributed by atoms with E-state index in [1.807, 2.05) is 21.0 Å². The van der Waals surface area contributed by atoms with Crippen molar-refractivity contribution >= 4 is 53.1 Å². The lowest BCUT2D eigenvalue weighted by Crippen LogP contribution is -2.42. The summed E-state index contributed by atoms with van der Waals surface area (Å²) in [5.41, 5.74) is 0.398. The zero-order valence-electron chi connectivity index (χ0n) is 17.0. The molecule has 0 bridgehead atoms. The minimum Gasteiger partial charge on any atom is -0.433 e. The number of hydrogen-bond acceptors (Lipinski definition) is 4. The van der Waals surface area contributed by atoms with E-state index < -0.39 is 6.61 Å². The van der Waals surface area contributed by atoms with Gasteiger partial charge >= 0.3 is 6.61 Å². The second-order valence-electron chi connectivity index (χ2n) is 6.23. The summed E-state index contributed by atoms with van der Waals surface area (Å²) in [4.78, 5) is 6.23. The minimum absolute atomic E-state index is 0. The van der Waals surface area contributed by atoms with Gasteiger partial charge in [0, 0.05) is 43.9 Å². The highest BCUT2D eigenvalue weighted by atomic mass is 127. The summed E-state index contributed by atoms with van der Waals surface area (Å²) in [5, 5.41) is 6.57. The molecule has 0 fully saturated rings. The van der Waals surface area contributed by atoms with Gasteiger partial charge in [0.1, 0.15) is 5.75 Å². The molecule has 0 amide bonds. The lowest BCUT2D eigenvalue weighted by atomic mass is 10.2. The summed E-state index contributed by atoms with van der Waals surface area (Å²) in [6, 6.07) is 2.88. The third-order valence-corrected chi connectivity index (χ3v) is 4.26. The summed E-state index contributed by atoms with van der Waals surface area (Å²) in [7, 11) is 5.63. The molecule has 1 unspecified atom stereocenters. The monoisotopic (exact) mass is 568 g/mol. The fraction of sp³-hybridized carbons (Fsp3) is 0.611. The Bertz CT molecular complexity index is 640. The Morgan fingerprint density at radius 1 is 1.24 bits per heavy atom. The lowest BCUT2D eigenvalue weighted by Gasteiger charge is -2.21. The Hall–Kier alpha value is -0.620. The predicted molar refractivity (Wildman–Crippen MR) is 125 cm³/mol. The van der Waals surface area contributed by atoms with Gasteiger partial charge in [-0.25, -0.2) is 0 Å². The third-order valence-electron chi connectivity index (χ3n) is 3.76. The molecule has 0 aliphatic carbocycles. The minimum atomic E-state index is -2.99. The number of rotatable bonds is 11.